The molecule has 0 aromatic carbocycles. The van der Waals surface area contributed by atoms with Crippen LogP contribution in [0.25, 0.3) is 0 Å². The van der Waals surface area contributed by atoms with Gasteiger partial charge in [0.2, 0.25) is 0 Å². The maximum Gasteiger partial charge on any atom is 2.00 e. The third kappa shape index (κ3) is 3.43. The minimum absolute atomic E-state index is 0. The number of carboxylic acid groups (broad SMARTS) is 1. The second-order valence-electron chi connectivity index (χ2n) is 3.34. The van der Waals surface area contributed by atoms with Crippen molar-refractivity contribution < 1.29 is 12.8 Å². The molecule has 0 aliphatic carbocycles. The topological polar surface area (TPSA) is 37.3 Å². The van der Waals surface area contributed by atoms with E-state index in [0.717, 1.165) is 6.42 Å². The number of hydrogen-bond acceptors (Lipinski definition) is 1. The molecule has 1 unspecified atom stereocenters. The van der Waals surface area contributed by atoms with Gasteiger partial charge in [-0.05, 0) is 19.8 Å². The Morgan fingerprint density at radius 2 is 2.00 bits per heavy atom. The first-order valence-corrected chi connectivity index (χ1v) is 3.66. The van der Waals surface area contributed by atoms with Crippen LogP contribution in [0.1, 0.15) is 37.0 Å². The maximum absolute atomic E-state index is 10.6. The molecule has 0 radical (unpaired) electrons. The molecule has 0 aliphatic heterocycles. The molecule has 0 rings (SSSR count). The molecular weight excluding hydrogens is 152 g/mol. The number of hydrogen-bond donors (Lipinski definition) is 1. The number of aliphatic carboxylic acids is 1. The quantitative estimate of drug-likeness (QED) is 0.658. The van der Waals surface area contributed by atoms with Crippen LogP contribution in [0.3, 0.4) is 0 Å². The van der Waals surface area contributed by atoms with Gasteiger partial charge in [-0.3, -0.25) is 4.79 Å². The molecule has 1 atom stereocenters. The van der Waals surface area contributed by atoms with Crippen LogP contribution >= 0.6 is 0 Å². The summed E-state index contributed by atoms with van der Waals surface area (Å²) in [6.07, 6.45) is 0.916. The molecule has 64 valence electrons. The Kier molecular flexibility index (Phi) is 6.25. The van der Waals surface area contributed by atoms with Crippen LogP contribution < -0.4 is 0 Å². The van der Waals surface area contributed by atoms with E-state index >= 15 is 0 Å². The van der Waals surface area contributed by atoms with Crippen molar-refractivity contribution in [2.24, 2.45) is 11.3 Å². The van der Waals surface area contributed by atoms with Gasteiger partial charge in [-0.25, -0.2) is 0 Å². The molecule has 0 aromatic rings. The fourth-order valence-corrected chi connectivity index (χ4v) is 0.721. The van der Waals surface area contributed by atoms with E-state index in [9.17, 15) is 4.79 Å². The molecule has 0 bridgehead atoms. The van der Waals surface area contributed by atoms with E-state index in [1.165, 1.54) is 0 Å². The molecule has 2 nitrogen and oxygen atoms in total. The summed E-state index contributed by atoms with van der Waals surface area (Å²) < 4.78 is 0. The van der Waals surface area contributed by atoms with Crippen molar-refractivity contribution in [2.45, 2.75) is 34.1 Å². The average molecular weight is 171 g/mol. The molecule has 0 saturated heterocycles. The SMILES string of the molecule is CCC(C)C(C)(C)C(=O)O.[H-].[H-].[Mg+2]. The summed E-state index contributed by atoms with van der Waals surface area (Å²) in [7, 11) is 0. The summed E-state index contributed by atoms with van der Waals surface area (Å²) in [6.45, 7) is 7.51. The van der Waals surface area contributed by atoms with Crippen molar-refractivity contribution >= 4 is 29.0 Å². The van der Waals surface area contributed by atoms with E-state index in [0.29, 0.717) is 0 Å². The molecule has 3 heteroatoms. The van der Waals surface area contributed by atoms with E-state index in [4.69, 9.17) is 5.11 Å². The van der Waals surface area contributed by atoms with Gasteiger partial charge in [-0.2, -0.15) is 0 Å². The van der Waals surface area contributed by atoms with Gasteiger partial charge in [0, 0.05) is 0 Å². The third-order valence-electron chi connectivity index (χ3n) is 2.40. The monoisotopic (exact) mass is 170 g/mol. The first kappa shape index (κ1) is 13.8. The average Bonchev–Trinajstić information content (AvgIpc) is 1.86. The minimum Gasteiger partial charge on any atom is -1.00 e. The second kappa shape index (κ2) is 4.98. The van der Waals surface area contributed by atoms with Crippen molar-refractivity contribution in [1.29, 1.82) is 0 Å². The van der Waals surface area contributed by atoms with E-state index in [-0.39, 0.29) is 31.8 Å². The maximum atomic E-state index is 10.6. The Morgan fingerprint density at radius 1 is 1.64 bits per heavy atom. The van der Waals surface area contributed by atoms with E-state index in [2.05, 4.69) is 0 Å². The zero-order chi connectivity index (χ0) is 8.36. The number of carbonyl (C=O) groups is 1. The molecule has 0 heterocycles. The smallest absolute Gasteiger partial charge is 1.00 e. The summed E-state index contributed by atoms with van der Waals surface area (Å²) in [5.74, 6) is -0.466. The first-order valence-electron chi connectivity index (χ1n) is 3.66. The van der Waals surface area contributed by atoms with Gasteiger partial charge in [-0.15, -0.1) is 0 Å². The van der Waals surface area contributed by atoms with Crippen molar-refractivity contribution in [2.75, 3.05) is 0 Å². The van der Waals surface area contributed by atoms with Crippen LogP contribution in [0.4, 0.5) is 0 Å². The van der Waals surface area contributed by atoms with Crippen LogP contribution in [-0.4, -0.2) is 34.1 Å². The van der Waals surface area contributed by atoms with Gasteiger partial charge in [0.25, 0.3) is 0 Å². The normalized spacial score (nSPS) is 13.5. The van der Waals surface area contributed by atoms with Gasteiger partial charge < -0.3 is 7.96 Å². The van der Waals surface area contributed by atoms with Crippen LogP contribution in [0.5, 0.6) is 0 Å². The fourth-order valence-electron chi connectivity index (χ4n) is 0.721. The molecule has 0 spiro atoms. The number of carboxylic acids is 1. The summed E-state index contributed by atoms with van der Waals surface area (Å²) in [6, 6.07) is 0. The van der Waals surface area contributed by atoms with Crippen LogP contribution in [0.15, 0.2) is 0 Å². The summed E-state index contributed by atoms with van der Waals surface area (Å²) >= 11 is 0. The Hall–Kier alpha value is 0.236. The third-order valence-corrected chi connectivity index (χ3v) is 2.40. The Labute approximate surface area is 87.5 Å². The predicted molar refractivity (Wildman–Crippen MR) is 48.8 cm³/mol. The van der Waals surface area contributed by atoms with Gasteiger partial charge in [0.05, 0.1) is 5.41 Å². The van der Waals surface area contributed by atoms with Crippen LogP contribution in [-0.2, 0) is 4.79 Å². The zero-order valence-electron chi connectivity index (χ0n) is 9.85. The van der Waals surface area contributed by atoms with Crippen molar-refractivity contribution in [1.82, 2.24) is 0 Å². The molecule has 1 N–H and O–H groups in total. The van der Waals surface area contributed by atoms with Gasteiger partial charge in [0.1, 0.15) is 0 Å². The van der Waals surface area contributed by atoms with Crippen molar-refractivity contribution in [3.63, 3.8) is 0 Å². The molecule has 0 fully saturated rings. The number of rotatable bonds is 3. The van der Waals surface area contributed by atoms with Crippen LogP contribution in [0.2, 0.25) is 0 Å². The van der Waals surface area contributed by atoms with Crippen molar-refractivity contribution in [3.05, 3.63) is 0 Å². The Bertz CT molecular complexity index is 140. The summed E-state index contributed by atoms with van der Waals surface area (Å²) in [5.41, 5.74) is -0.575. The van der Waals surface area contributed by atoms with Crippen molar-refractivity contribution in [3.8, 4) is 0 Å². The second-order valence-corrected chi connectivity index (χ2v) is 3.34. The summed E-state index contributed by atoms with van der Waals surface area (Å²) in [4.78, 5) is 10.6. The summed E-state index contributed by atoms with van der Waals surface area (Å²) in [5, 5.41) is 8.74. The minimum atomic E-state index is -0.707. The molecule has 0 aliphatic rings. The van der Waals surface area contributed by atoms with Gasteiger partial charge >= 0.3 is 29.0 Å². The van der Waals surface area contributed by atoms with E-state index < -0.39 is 11.4 Å². The molecule has 0 amide bonds. The van der Waals surface area contributed by atoms with E-state index in [1.807, 2.05) is 13.8 Å². The largest absolute Gasteiger partial charge is 2.00 e. The van der Waals surface area contributed by atoms with E-state index in [1.54, 1.807) is 13.8 Å². The molecular formula is C8H18MgO2. The predicted octanol–water partition coefficient (Wildman–Crippen LogP) is 1.99. The van der Waals surface area contributed by atoms with Gasteiger partial charge in [0.15, 0.2) is 0 Å². The first-order chi connectivity index (χ1) is 4.42. The zero-order valence-corrected chi connectivity index (χ0v) is 9.26. The van der Waals surface area contributed by atoms with Gasteiger partial charge in [-0.1, -0.05) is 20.3 Å². The Morgan fingerprint density at radius 3 is 2.09 bits per heavy atom. The standard InChI is InChI=1S/C8H16O2.Mg.2H/c1-5-6(2)8(3,4)7(9)10;;;/h6H,5H2,1-4H3,(H,9,10);;;/q;+2;2*-1. The molecule has 11 heavy (non-hydrogen) atoms. The molecule has 0 saturated carbocycles. The molecule has 0 aromatic heterocycles. The Balaban J connectivity index is -0.000000135. The van der Waals surface area contributed by atoms with Crippen LogP contribution in [0, 0.1) is 11.3 Å². The fraction of sp³-hybridized carbons (Fsp3) is 0.875.